The molecule has 1 fully saturated rings. The maximum Gasteiger partial charge on any atom is 0.224 e. The molecule has 6 N–H and O–H groups in total. The van der Waals surface area contributed by atoms with E-state index in [1.165, 1.54) is 0 Å². The van der Waals surface area contributed by atoms with Crippen molar-refractivity contribution >= 4 is 23.3 Å². The molecule has 0 amide bonds. The van der Waals surface area contributed by atoms with E-state index in [4.69, 9.17) is 11.5 Å². The molecule has 1 aromatic heterocycles. The molecular formula is C15H23N7O. The zero-order chi connectivity index (χ0) is 16.0. The van der Waals surface area contributed by atoms with E-state index in [2.05, 4.69) is 37.2 Å². The van der Waals surface area contributed by atoms with Crippen LogP contribution >= 0.6 is 0 Å². The molecule has 1 aromatic rings. The van der Waals surface area contributed by atoms with Gasteiger partial charge in [-0.1, -0.05) is 12.2 Å². The molecule has 124 valence electrons. The summed E-state index contributed by atoms with van der Waals surface area (Å²) in [4.78, 5) is 13.3. The zero-order valence-electron chi connectivity index (χ0n) is 13.0. The minimum absolute atomic E-state index is 0.183. The van der Waals surface area contributed by atoms with E-state index in [1.54, 1.807) is 0 Å². The number of nitrogens with one attached hydrogen (secondary N) is 1. The number of hydrogen-bond donors (Lipinski definition) is 4. The van der Waals surface area contributed by atoms with E-state index < -0.39 is 0 Å². The Morgan fingerprint density at radius 2 is 2.13 bits per heavy atom. The summed E-state index contributed by atoms with van der Waals surface area (Å²) in [5.74, 6) is 2.21. The summed E-state index contributed by atoms with van der Waals surface area (Å²) >= 11 is 0. The quantitative estimate of drug-likeness (QED) is 0.563. The average Bonchev–Trinajstić information content (AvgIpc) is 3.24. The highest BCUT2D eigenvalue weighted by molar-refractivity contribution is 5.83. The number of hydrogen-bond acceptors (Lipinski definition) is 8. The van der Waals surface area contributed by atoms with Gasteiger partial charge in [0.1, 0.15) is 5.69 Å². The number of fused-ring (bicyclic) bond motifs is 1. The second kappa shape index (κ2) is 5.54. The van der Waals surface area contributed by atoms with Crippen molar-refractivity contribution in [1.29, 1.82) is 0 Å². The Hall–Kier alpha value is -2.06. The van der Waals surface area contributed by atoms with Crippen LogP contribution in [0.2, 0.25) is 0 Å². The first-order chi connectivity index (χ1) is 11.2. The van der Waals surface area contributed by atoms with Gasteiger partial charge >= 0.3 is 0 Å². The standard InChI is InChI=1S/C15H23N7O/c16-10-3-4-21(6-10)13-12-14(20-15(17)19-13)22(8-18-12)11-2-1-9(5-11)7-23/h1-2,9-11,18,23H,3-8,16H2,(H2,17,19,20). The predicted octanol–water partition coefficient (Wildman–Crippen LogP) is -0.277. The molecule has 0 bridgehead atoms. The van der Waals surface area contributed by atoms with Crippen LogP contribution in [0.5, 0.6) is 0 Å². The lowest BCUT2D eigenvalue weighted by molar-refractivity contribution is 0.248. The fraction of sp³-hybridized carbons (Fsp3) is 0.600. The minimum atomic E-state index is 0.183. The van der Waals surface area contributed by atoms with E-state index in [9.17, 15) is 5.11 Å². The summed E-state index contributed by atoms with van der Waals surface area (Å²) in [7, 11) is 0. The number of nitrogens with zero attached hydrogens (tertiary/aromatic N) is 4. The van der Waals surface area contributed by atoms with Gasteiger partial charge in [-0.3, -0.25) is 0 Å². The van der Waals surface area contributed by atoms with Crippen LogP contribution in [-0.4, -0.2) is 53.5 Å². The van der Waals surface area contributed by atoms with Gasteiger partial charge in [-0.15, -0.1) is 0 Å². The summed E-state index contributed by atoms with van der Waals surface area (Å²) < 4.78 is 0. The second-order valence-corrected chi connectivity index (χ2v) is 6.53. The van der Waals surface area contributed by atoms with Gasteiger partial charge in [0.25, 0.3) is 0 Å². The van der Waals surface area contributed by atoms with Crippen molar-refractivity contribution in [3.05, 3.63) is 12.2 Å². The fourth-order valence-electron chi connectivity index (χ4n) is 3.66. The van der Waals surface area contributed by atoms with Crippen LogP contribution in [0.15, 0.2) is 12.2 Å². The molecular weight excluding hydrogens is 294 g/mol. The fourth-order valence-corrected chi connectivity index (χ4v) is 3.66. The number of nitrogens with two attached hydrogens (primary N) is 2. The Morgan fingerprint density at radius 1 is 1.30 bits per heavy atom. The maximum absolute atomic E-state index is 9.33. The molecule has 1 saturated heterocycles. The second-order valence-electron chi connectivity index (χ2n) is 6.53. The summed E-state index contributed by atoms with van der Waals surface area (Å²) in [5.41, 5.74) is 12.9. The van der Waals surface area contributed by atoms with Crippen molar-refractivity contribution in [1.82, 2.24) is 9.97 Å². The predicted molar refractivity (Wildman–Crippen MR) is 90.3 cm³/mol. The topological polar surface area (TPSA) is 117 Å². The van der Waals surface area contributed by atoms with E-state index >= 15 is 0 Å². The third-order valence-corrected chi connectivity index (χ3v) is 4.90. The first-order valence-electron chi connectivity index (χ1n) is 8.13. The SMILES string of the molecule is Nc1nc(N2CCC(N)C2)c2c(n1)N(C1C=CC(CO)C1)CN2. The number of aromatic nitrogens is 2. The average molecular weight is 317 g/mol. The number of aliphatic hydroxyl groups is 1. The Morgan fingerprint density at radius 3 is 2.83 bits per heavy atom. The number of nitrogen functional groups attached to an aromatic ring is 1. The minimum Gasteiger partial charge on any atom is -0.396 e. The van der Waals surface area contributed by atoms with Gasteiger partial charge in [0.05, 0.1) is 12.7 Å². The highest BCUT2D eigenvalue weighted by Crippen LogP contribution is 2.41. The van der Waals surface area contributed by atoms with Gasteiger partial charge in [0.2, 0.25) is 5.95 Å². The van der Waals surface area contributed by atoms with Gasteiger partial charge in [0, 0.05) is 31.7 Å². The van der Waals surface area contributed by atoms with Crippen LogP contribution in [0.4, 0.5) is 23.3 Å². The molecule has 3 atom stereocenters. The van der Waals surface area contributed by atoms with Crippen LogP contribution < -0.4 is 26.6 Å². The van der Waals surface area contributed by atoms with Gasteiger partial charge in [-0.25, -0.2) is 0 Å². The molecule has 0 spiro atoms. The lowest BCUT2D eigenvalue weighted by Gasteiger charge is -2.25. The molecule has 3 heterocycles. The van der Waals surface area contributed by atoms with E-state index in [1.807, 2.05) is 0 Å². The molecule has 8 nitrogen and oxygen atoms in total. The van der Waals surface area contributed by atoms with E-state index in [0.29, 0.717) is 6.67 Å². The molecule has 23 heavy (non-hydrogen) atoms. The molecule has 0 aromatic carbocycles. The van der Waals surface area contributed by atoms with Crippen molar-refractivity contribution in [2.75, 3.05) is 47.2 Å². The smallest absolute Gasteiger partial charge is 0.224 e. The van der Waals surface area contributed by atoms with Crippen molar-refractivity contribution in [2.45, 2.75) is 24.9 Å². The van der Waals surface area contributed by atoms with Crippen molar-refractivity contribution < 1.29 is 5.11 Å². The Kier molecular flexibility index (Phi) is 3.50. The normalized spacial score (nSPS) is 29.2. The van der Waals surface area contributed by atoms with Crippen LogP contribution in [0.25, 0.3) is 0 Å². The lowest BCUT2D eigenvalue weighted by atomic mass is 10.1. The van der Waals surface area contributed by atoms with Gasteiger partial charge in [-0.2, -0.15) is 9.97 Å². The molecule has 3 unspecified atom stereocenters. The first-order valence-corrected chi connectivity index (χ1v) is 8.13. The largest absolute Gasteiger partial charge is 0.396 e. The lowest BCUT2D eigenvalue weighted by Crippen LogP contribution is -2.33. The number of rotatable bonds is 3. The molecule has 0 radical (unpaired) electrons. The molecule has 2 aliphatic heterocycles. The summed E-state index contributed by atoms with van der Waals surface area (Å²) in [5, 5.41) is 12.7. The Bertz CT molecular complexity index is 634. The summed E-state index contributed by atoms with van der Waals surface area (Å²) in [6.07, 6.45) is 6.08. The molecule has 0 saturated carbocycles. The highest BCUT2D eigenvalue weighted by atomic mass is 16.3. The molecule has 8 heteroatoms. The van der Waals surface area contributed by atoms with Crippen LogP contribution in [-0.2, 0) is 0 Å². The van der Waals surface area contributed by atoms with Crippen LogP contribution in [0, 0.1) is 5.92 Å². The number of aliphatic hydroxyl groups excluding tert-OH is 1. The van der Waals surface area contributed by atoms with Gasteiger partial charge in [0.15, 0.2) is 11.6 Å². The highest BCUT2D eigenvalue weighted by Gasteiger charge is 2.34. The Labute approximate surface area is 135 Å². The van der Waals surface area contributed by atoms with Crippen molar-refractivity contribution in [3.63, 3.8) is 0 Å². The third-order valence-electron chi connectivity index (χ3n) is 4.90. The van der Waals surface area contributed by atoms with E-state index in [-0.39, 0.29) is 30.6 Å². The number of anilines is 4. The summed E-state index contributed by atoms with van der Waals surface area (Å²) in [6.45, 7) is 2.54. The monoisotopic (exact) mass is 317 g/mol. The summed E-state index contributed by atoms with van der Waals surface area (Å²) in [6, 6.07) is 0.409. The Balaban J connectivity index is 1.64. The maximum atomic E-state index is 9.33. The molecule has 4 rings (SSSR count). The first kappa shape index (κ1) is 14.5. The van der Waals surface area contributed by atoms with Crippen LogP contribution in [0.3, 0.4) is 0 Å². The molecule has 1 aliphatic carbocycles. The van der Waals surface area contributed by atoms with Gasteiger partial charge in [-0.05, 0) is 12.8 Å². The van der Waals surface area contributed by atoms with Gasteiger partial charge < -0.3 is 31.7 Å². The molecule has 3 aliphatic rings. The van der Waals surface area contributed by atoms with Crippen LogP contribution in [0.1, 0.15) is 12.8 Å². The zero-order valence-corrected chi connectivity index (χ0v) is 13.0. The third kappa shape index (κ3) is 2.47. The van der Waals surface area contributed by atoms with E-state index in [0.717, 1.165) is 43.3 Å². The van der Waals surface area contributed by atoms with Crippen molar-refractivity contribution in [2.24, 2.45) is 11.7 Å². The van der Waals surface area contributed by atoms with Crippen molar-refractivity contribution in [3.8, 4) is 0 Å².